The van der Waals surface area contributed by atoms with Crippen LogP contribution in [0.1, 0.15) is 20.7 Å². The fourth-order valence-electron chi connectivity index (χ4n) is 1.92. The Morgan fingerprint density at radius 2 is 1.26 bits per heavy atom. The molecule has 2 aromatic rings. The van der Waals surface area contributed by atoms with Crippen molar-refractivity contribution < 1.29 is 37.7 Å². The van der Waals surface area contributed by atoms with E-state index in [1.807, 2.05) is 0 Å². The smallest absolute Gasteiger partial charge is 0.340 e. The first-order valence-electron chi connectivity index (χ1n) is 7.23. The van der Waals surface area contributed by atoms with Crippen molar-refractivity contribution in [2.75, 3.05) is 32.8 Å². The fourth-order valence-corrected chi connectivity index (χ4v) is 1.92. The molecule has 0 radical (unpaired) electrons. The normalized spacial score (nSPS) is 9.67. The monoisotopic (exact) mass is 384 g/mol. The van der Waals surface area contributed by atoms with Crippen molar-refractivity contribution in [1.29, 1.82) is 0 Å². The number of nitrogen functional groups attached to an aromatic ring is 2. The van der Waals surface area contributed by atoms with E-state index in [1.54, 1.807) is 0 Å². The molecule has 146 valence electrons. The highest BCUT2D eigenvalue weighted by Gasteiger charge is 2.15. The van der Waals surface area contributed by atoms with Crippen molar-refractivity contribution in [3.63, 3.8) is 0 Å². The summed E-state index contributed by atoms with van der Waals surface area (Å²) in [6, 6.07) is 4.19. The van der Waals surface area contributed by atoms with Crippen molar-refractivity contribution in [1.82, 2.24) is 0 Å². The predicted molar refractivity (Wildman–Crippen MR) is 93.0 cm³/mol. The van der Waals surface area contributed by atoms with Gasteiger partial charge in [-0.2, -0.15) is 0 Å². The van der Waals surface area contributed by atoms with Gasteiger partial charge in [-0.1, -0.05) is 0 Å². The van der Waals surface area contributed by atoms with Gasteiger partial charge in [0.25, 0.3) is 0 Å². The van der Waals surface area contributed by atoms with Gasteiger partial charge in [-0.15, -0.1) is 0 Å². The third-order valence-electron chi connectivity index (χ3n) is 3.27. The standard InChI is InChI=1S/C9H10FNO3.C8H8FNO3/c1-13-8-3-5(9(12)14-2)6(10)4-7(8)11;1-13-7-2-4(8(11)12)5(9)3-6(7)10/h3-4H,11H2,1-2H3;2-3H,10H2,1H3,(H,11,12). The van der Waals surface area contributed by atoms with Gasteiger partial charge in [0.05, 0.1) is 43.8 Å². The van der Waals surface area contributed by atoms with E-state index >= 15 is 0 Å². The maximum atomic E-state index is 13.2. The molecule has 0 amide bonds. The first-order valence-corrected chi connectivity index (χ1v) is 7.23. The maximum absolute atomic E-state index is 13.2. The Kier molecular flexibility index (Phi) is 7.34. The van der Waals surface area contributed by atoms with E-state index in [0.717, 1.165) is 18.2 Å². The second-order valence-electron chi connectivity index (χ2n) is 4.94. The van der Waals surface area contributed by atoms with Crippen LogP contribution in [0, 0.1) is 11.6 Å². The minimum absolute atomic E-state index is 0.0741. The molecule has 8 nitrogen and oxygen atoms in total. The van der Waals surface area contributed by atoms with Crippen molar-refractivity contribution in [2.24, 2.45) is 0 Å². The highest BCUT2D eigenvalue weighted by atomic mass is 19.1. The molecular formula is C17H18F2N2O6. The average molecular weight is 384 g/mol. The van der Waals surface area contributed by atoms with E-state index in [9.17, 15) is 18.4 Å². The van der Waals surface area contributed by atoms with Crippen LogP contribution in [0.4, 0.5) is 20.2 Å². The molecule has 2 aromatic carbocycles. The van der Waals surface area contributed by atoms with Gasteiger partial charge in [0.15, 0.2) is 0 Å². The molecule has 0 bridgehead atoms. The number of carboxylic acid groups (broad SMARTS) is 1. The second-order valence-corrected chi connectivity index (χ2v) is 4.94. The lowest BCUT2D eigenvalue weighted by Gasteiger charge is -2.07. The van der Waals surface area contributed by atoms with Gasteiger partial charge in [-0.25, -0.2) is 18.4 Å². The molecule has 0 spiro atoms. The van der Waals surface area contributed by atoms with Crippen molar-refractivity contribution in [2.45, 2.75) is 0 Å². The molecule has 0 unspecified atom stereocenters. The number of rotatable bonds is 4. The number of methoxy groups -OCH3 is 3. The molecule has 27 heavy (non-hydrogen) atoms. The molecular weight excluding hydrogens is 366 g/mol. The highest BCUT2D eigenvalue weighted by molar-refractivity contribution is 5.91. The summed E-state index contributed by atoms with van der Waals surface area (Å²) in [5.41, 5.74) is 10.3. The number of nitrogens with two attached hydrogens (primary N) is 2. The van der Waals surface area contributed by atoms with Crippen LogP contribution in [0.5, 0.6) is 11.5 Å². The summed E-state index contributed by atoms with van der Waals surface area (Å²) in [4.78, 5) is 21.5. The lowest BCUT2D eigenvalue weighted by molar-refractivity contribution is 0.0594. The van der Waals surface area contributed by atoms with Gasteiger partial charge < -0.3 is 30.8 Å². The van der Waals surface area contributed by atoms with E-state index in [1.165, 1.54) is 27.4 Å². The SMILES string of the molecule is COC(=O)c1cc(OC)c(N)cc1F.COc1cc(C(=O)O)c(F)cc1N. The zero-order chi connectivity index (χ0) is 20.7. The number of benzene rings is 2. The summed E-state index contributed by atoms with van der Waals surface area (Å²) in [6.45, 7) is 0. The van der Waals surface area contributed by atoms with Crippen LogP contribution < -0.4 is 20.9 Å². The number of esters is 1. The van der Waals surface area contributed by atoms with Crippen molar-refractivity contribution >= 4 is 23.3 Å². The molecule has 0 saturated carbocycles. The Bertz CT molecular complexity index is 858. The highest BCUT2D eigenvalue weighted by Crippen LogP contribution is 2.25. The second kappa shape index (κ2) is 9.22. The Labute approximate surface area is 153 Å². The molecule has 0 aliphatic carbocycles. The van der Waals surface area contributed by atoms with E-state index in [-0.39, 0.29) is 28.4 Å². The number of aromatic carboxylic acids is 1. The van der Waals surface area contributed by atoms with Crippen molar-refractivity contribution in [3.05, 3.63) is 47.0 Å². The quantitative estimate of drug-likeness (QED) is 0.540. The molecule has 2 rings (SSSR count). The third-order valence-corrected chi connectivity index (χ3v) is 3.27. The molecule has 0 atom stereocenters. The molecule has 0 aliphatic heterocycles. The summed E-state index contributed by atoms with van der Waals surface area (Å²) >= 11 is 0. The molecule has 10 heteroatoms. The predicted octanol–water partition coefficient (Wildman–Crippen LogP) is 2.32. The molecule has 0 aliphatic rings. The van der Waals surface area contributed by atoms with E-state index in [0.29, 0.717) is 0 Å². The Balaban J connectivity index is 0.000000271. The zero-order valence-corrected chi connectivity index (χ0v) is 14.7. The average Bonchev–Trinajstić information content (AvgIpc) is 2.61. The first kappa shape index (κ1) is 21.5. The van der Waals surface area contributed by atoms with Crippen LogP contribution in [-0.4, -0.2) is 38.4 Å². The van der Waals surface area contributed by atoms with E-state index in [4.69, 9.17) is 26.0 Å². The summed E-state index contributed by atoms with van der Waals surface area (Å²) in [5.74, 6) is -3.32. The van der Waals surface area contributed by atoms with Gasteiger partial charge in [-0.05, 0) is 12.1 Å². The lowest BCUT2D eigenvalue weighted by Crippen LogP contribution is -2.06. The number of hydrogen-bond acceptors (Lipinski definition) is 7. The molecule has 0 aromatic heterocycles. The number of anilines is 2. The number of carbonyl (C=O) groups excluding carboxylic acids is 1. The van der Waals surface area contributed by atoms with Crippen LogP contribution in [0.3, 0.4) is 0 Å². The largest absolute Gasteiger partial charge is 0.495 e. The van der Waals surface area contributed by atoms with Crippen LogP contribution in [0.25, 0.3) is 0 Å². The summed E-state index contributed by atoms with van der Waals surface area (Å²) in [6.07, 6.45) is 0. The first-order chi connectivity index (χ1) is 12.7. The van der Waals surface area contributed by atoms with Gasteiger partial charge in [0.1, 0.15) is 23.1 Å². The van der Waals surface area contributed by atoms with Crippen LogP contribution >= 0.6 is 0 Å². The van der Waals surface area contributed by atoms with Crippen LogP contribution in [0.15, 0.2) is 24.3 Å². The third kappa shape index (κ3) is 5.21. The lowest BCUT2D eigenvalue weighted by atomic mass is 10.2. The minimum atomic E-state index is -1.35. The van der Waals surface area contributed by atoms with Gasteiger partial charge in [-0.3, -0.25) is 0 Å². The van der Waals surface area contributed by atoms with Gasteiger partial charge >= 0.3 is 11.9 Å². The molecule has 0 heterocycles. The zero-order valence-electron chi connectivity index (χ0n) is 14.7. The van der Waals surface area contributed by atoms with Crippen LogP contribution in [-0.2, 0) is 4.74 Å². The van der Waals surface area contributed by atoms with Gasteiger partial charge in [0.2, 0.25) is 0 Å². The Morgan fingerprint density at radius 3 is 1.63 bits per heavy atom. The van der Waals surface area contributed by atoms with Crippen molar-refractivity contribution in [3.8, 4) is 11.5 Å². The number of halogens is 2. The summed E-state index contributed by atoms with van der Waals surface area (Å²) < 4.78 is 40.0. The Hall–Kier alpha value is -3.56. The number of ether oxygens (including phenoxy) is 3. The van der Waals surface area contributed by atoms with Gasteiger partial charge in [0, 0.05) is 12.1 Å². The van der Waals surface area contributed by atoms with E-state index < -0.39 is 29.1 Å². The fraction of sp³-hybridized carbons (Fsp3) is 0.176. The maximum Gasteiger partial charge on any atom is 0.340 e. The summed E-state index contributed by atoms with van der Waals surface area (Å²) in [7, 11) is 3.88. The number of carbonyl (C=O) groups is 2. The number of hydrogen-bond donors (Lipinski definition) is 3. The Morgan fingerprint density at radius 1 is 0.852 bits per heavy atom. The minimum Gasteiger partial charge on any atom is -0.495 e. The topological polar surface area (TPSA) is 134 Å². The molecule has 5 N–H and O–H groups in total. The van der Waals surface area contributed by atoms with E-state index in [2.05, 4.69) is 4.74 Å². The summed E-state index contributed by atoms with van der Waals surface area (Å²) in [5, 5.41) is 8.54. The number of carboxylic acids is 1. The molecule has 0 fully saturated rings. The van der Waals surface area contributed by atoms with Crippen LogP contribution in [0.2, 0.25) is 0 Å². The molecule has 0 saturated heterocycles.